The molecule has 0 atom stereocenters. The number of benzene rings is 2. The molecule has 4 rings (SSSR count). The predicted octanol–water partition coefficient (Wildman–Crippen LogP) is 2.34. The number of nitrogens with zero attached hydrogens (tertiary/aromatic N) is 3. The van der Waals surface area contributed by atoms with Gasteiger partial charge >= 0.3 is 0 Å². The SMILES string of the molecule is COc1ccc(NC(=O)CN2CCN(Cc3nc4ccccc4[nH]3)CC2)cc1OC. The van der Waals surface area contributed by atoms with Crippen LogP contribution in [0.5, 0.6) is 11.5 Å². The van der Waals surface area contributed by atoms with Crippen LogP contribution in [0, 0.1) is 0 Å². The number of para-hydroxylation sites is 2. The zero-order chi connectivity index (χ0) is 20.9. The van der Waals surface area contributed by atoms with Crippen LogP contribution in [0.15, 0.2) is 42.5 Å². The number of rotatable bonds is 7. The monoisotopic (exact) mass is 409 g/mol. The van der Waals surface area contributed by atoms with Gasteiger partial charge in [-0.3, -0.25) is 14.6 Å². The van der Waals surface area contributed by atoms with E-state index in [0.29, 0.717) is 23.7 Å². The molecule has 2 heterocycles. The number of nitrogens with one attached hydrogen (secondary N) is 2. The lowest BCUT2D eigenvalue weighted by molar-refractivity contribution is -0.117. The Morgan fingerprint density at radius 3 is 2.50 bits per heavy atom. The van der Waals surface area contributed by atoms with Crippen LogP contribution in [0.4, 0.5) is 5.69 Å². The number of piperazine rings is 1. The number of methoxy groups -OCH3 is 2. The summed E-state index contributed by atoms with van der Waals surface area (Å²) in [6, 6.07) is 13.4. The van der Waals surface area contributed by atoms with E-state index in [-0.39, 0.29) is 5.91 Å². The van der Waals surface area contributed by atoms with Gasteiger partial charge in [-0.05, 0) is 24.3 Å². The van der Waals surface area contributed by atoms with E-state index in [1.54, 1.807) is 26.4 Å². The lowest BCUT2D eigenvalue weighted by atomic mass is 10.2. The fraction of sp³-hybridized carbons (Fsp3) is 0.364. The van der Waals surface area contributed by atoms with E-state index >= 15 is 0 Å². The van der Waals surface area contributed by atoms with Gasteiger partial charge < -0.3 is 19.8 Å². The van der Waals surface area contributed by atoms with Crippen LogP contribution >= 0.6 is 0 Å². The molecule has 1 saturated heterocycles. The minimum Gasteiger partial charge on any atom is -0.493 e. The number of ether oxygens (including phenoxy) is 2. The van der Waals surface area contributed by atoms with E-state index in [1.807, 2.05) is 30.3 Å². The first-order valence-electron chi connectivity index (χ1n) is 10.0. The Hall–Kier alpha value is -3.10. The topological polar surface area (TPSA) is 82.7 Å². The molecule has 3 aromatic rings. The summed E-state index contributed by atoms with van der Waals surface area (Å²) >= 11 is 0. The molecule has 30 heavy (non-hydrogen) atoms. The maximum atomic E-state index is 12.5. The minimum absolute atomic E-state index is 0.0343. The Morgan fingerprint density at radius 1 is 1.03 bits per heavy atom. The summed E-state index contributed by atoms with van der Waals surface area (Å²) in [5.41, 5.74) is 2.76. The van der Waals surface area contributed by atoms with E-state index in [1.165, 1.54) is 0 Å². The predicted molar refractivity (Wildman–Crippen MR) is 116 cm³/mol. The maximum Gasteiger partial charge on any atom is 0.238 e. The van der Waals surface area contributed by atoms with Crippen molar-refractivity contribution < 1.29 is 14.3 Å². The molecule has 2 aromatic carbocycles. The molecule has 1 amide bonds. The molecule has 0 saturated carbocycles. The van der Waals surface area contributed by atoms with Crippen LogP contribution in [0.25, 0.3) is 11.0 Å². The summed E-state index contributed by atoms with van der Waals surface area (Å²) in [5, 5.41) is 2.94. The molecule has 1 aliphatic heterocycles. The van der Waals surface area contributed by atoms with Crippen LogP contribution in [0.2, 0.25) is 0 Å². The number of anilines is 1. The Morgan fingerprint density at radius 2 is 1.77 bits per heavy atom. The summed E-state index contributed by atoms with van der Waals surface area (Å²) in [7, 11) is 3.16. The average molecular weight is 409 g/mol. The number of aromatic amines is 1. The molecule has 0 unspecified atom stereocenters. The lowest BCUT2D eigenvalue weighted by Crippen LogP contribution is -2.48. The highest BCUT2D eigenvalue weighted by Gasteiger charge is 2.20. The number of carbonyl (C=O) groups is 1. The molecular weight excluding hydrogens is 382 g/mol. The maximum absolute atomic E-state index is 12.5. The molecule has 1 fully saturated rings. The Kier molecular flexibility index (Phi) is 6.15. The molecule has 0 bridgehead atoms. The number of H-pyrrole nitrogens is 1. The highest BCUT2D eigenvalue weighted by atomic mass is 16.5. The van der Waals surface area contributed by atoms with Gasteiger partial charge in [-0.25, -0.2) is 4.98 Å². The molecule has 1 aliphatic rings. The van der Waals surface area contributed by atoms with E-state index in [9.17, 15) is 4.79 Å². The number of hydrogen-bond acceptors (Lipinski definition) is 6. The number of carbonyl (C=O) groups excluding carboxylic acids is 1. The number of amides is 1. The molecule has 8 heteroatoms. The van der Waals surface area contributed by atoms with E-state index in [2.05, 4.69) is 25.1 Å². The zero-order valence-corrected chi connectivity index (χ0v) is 17.4. The van der Waals surface area contributed by atoms with Crippen LogP contribution in [-0.4, -0.2) is 72.6 Å². The first-order chi connectivity index (χ1) is 14.6. The van der Waals surface area contributed by atoms with E-state index < -0.39 is 0 Å². The normalized spacial score (nSPS) is 15.3. The molecule has 158 valence electrons. The van der Waals surface area contributed by atoms with Crippen LogP contribution < -0.4 is 14.8 Å². The third-order valence-corrected chi connectivity index (χ3v) is 5.31. The summed E-state index contributed by atoms with van der Waals surface area (Å²) < 4.78 is 10.5. The van der Waals surface area contributed by atoms with Crippen molar-refractivity contribution in [3.05, 3.63) is 48.3 Å². The van der Waals surface area contributed by atoms with Crippen molar-refractivity contribution in [3.63, 3.8) is 0 Å². The van der Waals surface area contributed by atoms with Crippen molar-refractivity contribution in [2.75, 3.05) is 52.3 Å². The van der Waals surface area contributed by atoms with Crippen LogP contribution in [0.3, 0.4) is 0 Å². The standard InChI is InChI=1S/C22H27N5O3/c1-29-19-8-7-16(13-20(19)30-2)23-22(28)15-27-11-9-26(10-12-27)14-21-24-17-5-3-4-6-18(17)25-21/h3-8,13H,9-12,14-15H2,1-2H3,(H,23,28)(H,24,25). The Labute approximate surface area is 175 Å². The second-order valence-corrected chi connectivity index (χ2v) is 7.37. The zero-order valence-electron chi connectivity index (χ0n) is 17.4. The highest BCUT2D eigenvalue weighted by Crippen LogP contribution is 2.29. The van der Waals surface area contributed by atoms with Crippen molar-refractivity contribution in [1.82, 2.24) is 19.8 Å². The van der Waals surface area contributed by atoms with Crippen molar-refractivity contribution >= 4 is 22.6 Å². The molecule has 1 aromatic heterocycles. The second kappa shape index (κ2) is 9.15. The van der Waals surface area contributed by atoms with Gasteiger partial charge in [0.05, 0.1) is 38.3 Å². The van der Waals surface area contributed by atoms with Crippen molar-refractivity contribution in [3.8, 4) is 11.5 Å². The number of imidazole rings is 1. The van der Waals surface area contributed by atoms with Gasteiger partial charge in [0.1, 0.15) is 5.82 Å². The third-order valence-electron chi connectivity index (χ3n) is 5.31. The van der Waals surface area contributed by atoms with E-state index in [0.717, 1.165) is 49.6 Å². The summed E-state index contributed by atoms with van der Waals surface area (Å²) in [4.78, 5) is 25.0. The molecule has 8 nitrogen and oxygen atoms in total. The van der Waals surface area contributed by atoms with Gasteiger partial charge in [0.15, 0.2) is 11.5 Å². The highest BCUT2D eigenvalue weighted by molar-refractivity contribution is 5.92. The van der Waals surface area contributed by atoms with Crippen molar-refractivity contribution in [2.45, 2.75) is 6.54 Å². The number of aromatic nitrogens is 2. The molecule has 0 aliphatic carbocycles. The lowest BCUT2D eigenvalue weighted by Gasteiger charge is -2.33. The Balaban J connectivity index is 1.25. The van der Waals surface area contributed by atoms with Gasteiger partial charge in [0.25, 0.3) is 0 Å². The Bertz CT molecular complexity index is 978. The van der Waals surface area contributed by atoms with E-state index in [4.69, 9.17) is 9.47 Å². The summed E-state index contributed by atoms with van der Waals surface area (Å²) in [5.74, 6) is 2.18. The minimum atomic E-state index is -0.0343. The van der Waals surface area contributed by atoms with Gasteiger partial charge in [0.2, 0.25) is 5.91 Å². The number of fused-ring (bicyclic) bond motifs is 1. The molecule has 2 N–H and O–H groups in total. The summed E-state index contributed by atoms with van der Waals surface area (Å²) in [6.45, 7) is 4.66. The molecular formula is C22H27N5O3. The van der Waals surface area contributed by atoms with Gasteiger partial charge in [-0.1, -0.05) is 12.1 Å². The second-order valence-electron chi connectivity index (χ2n) is 7.37. The quantitative estimate of drug-likeness (QED) is 0.623. The summed E-state index contributed by atoms with van der Waals surface area (Å²) in [6.07, 6.45) is 0. The molecule has 0 spiro atoms. The third kappa shape index (κ3) is 4.72. The van der Waals surface area contributed by atoms with Gasteiger partial charge in [-0.2, -0.15) is 0 Å². The number of hydrogen-bond donors (Lipinski definition) is 2. The largest absolute Gasteiger partial charge is 0.493 e. The average Bonchev–Trinajstić information content (AvgIpc) is 3.17. The first-order valence-corrected chi connectivity index (χ1v) is 10.0. The fourth-order valence-electron chi connectivity index (χ4n) is 3.72. The van der Waals surface area contributed by atoms with Crippen molar-refractivity contribution in [2.24, 2.45) is 0 Å². The smallest absolute Gasteiger partial charge is 0.238 e. The van der Waals surface area contributed by atoms with Crippen molar-refractivity contribution in [1.29, 1.82) is 0 Å². The van der Waals surface area contributed by atoms with Gasteiger partial charge in [0, 0.05) is 37.9 Å². The van der Waals surface area contributed by atoms with Gasteiger partial charge in [-0.15, -0.1) is 0 Å². The molecule has 0 radical (unpaired) electrons. The van der Waals surface area contributed by atoms with Crippen LogP contribution in [0.1, 0.15) is 5.82 Å². The first kappa shape index (κ1) is 20.2. The fourth-order valence-corrected chi connectivity index (χ4v) is 3.72. The van der Waals surface area contributed by atoms with Crippen LogP contribution in [-0.2, 0) is 11.3 Å².